The van der Waals surface area contributed by atoms with Crippen LogP contribution in [-0.2, 0) is 14.8 Å². The molecular weight excluding hydrogens is 448 g/mol. The zero-order valence-corrected chi connectivity index (χ0v) is 20.7. The van der Waals surface area contributed by atoms with Gasteiger partial charge in [-0.05, 0) is 74.7 Å². The molecule has 0 radical (unpaired) electrons. The number of fused-ring (bicyclic) bond motifs is 1. The Morgan fingerprint density at radius 3 is 2.41 bits per heavy atom. The standard InChI is InChI=1S/C27H30N2O4S/c1-5-33-27-16-26(21-9-7-20(8-10-21)19(4)30)28-25-13-12-23(15-24(25)27)34(31,32)29-22-11-6-17(2)18(3)14-22/h6-15,26-29H,5,16H2,1-4H3/t26-,27-/m0/s1. The number of benzene rings is 3. The molecule has 0 unspecified atom stereocenters. The number of carbonyl (C=O) groups is 1. The molecule has 3 aromatic carbocycles. The molecule has 6 nitrogen and oxygen atoms in total. The first-order valence-electron chi connectivity index (χ1n) is 11.4. The number of hydrogen-bond donors (Lipinski definition) is 2. The Labute approximate surface area is 201 Å². The fraction of sp³-hybridized carbons (Fsp3) is 0.296. The van der Waals surface area contributed by atoms with Crippen molar-refractivity contribution >= 4 is 27.2 Å². The third-order valence-electron chi connectivity index (χ3n) is 6.31. The van der Waals surface area contributed by atoms with Crippen LogP contribution >= 0.6 is 0 Å². The molecule has 178 valence electrons. The summed E-state index contributed by atoms with van der Waals surface area (Å²) in [5.41, 5.74) is 6.05. The van der Waals surface area contributed by atoms with Crippen molar-refractivity contribution in [3.8, 4) is 0 Å². The minimum Gasteiger partial charge on any atom is -0.378 e. The average molecular weight is 479 g/mol. The topological polar surface area (TPSA) is 84.5 Å². The molecule has 0 aromatic heterocycles. The first-order valence-corrected chi connectivity index (χ1v) is 12.9. The van der Waals surface area contributed by atoms with Gasteiger partial charge in [0.25, 0.3) is 10.0 Å². The summed E-state index contributed by atoms with van der Waals surface area (Å²) in [6.45, 7) is 7.94. The van der Waals surface area contributed by atoms with E-state index in [1.165, 1.54) is 0 Å². The molecule has 0 saturated heterocycles. The van der Waals surface area contributed by atoms with Gasteiger partial charge in [0.05, 0.1) is 17.0 Å². The summed E-state index contributed by atoms with van der Waals surface area (Å²) in [7, 11) is -3.76. The Bertz CT molecular complexity index is 1320. The number of anilines is 2. The van der Waals surface area contributed by atoms with Crippen LogP contribution in [0.2, 0.25) is 0 Å². The van der Waals surface area contributed by atoms with Gasteiger partial charge in [0, 0.05) is 35.5 Å². The highest BCUT2D eigenvalue weighted by Crippen LogP contribution is 2.42. The van der Waals surface area contributed by atoms with Gasteiger partial charge < -0.3 is 10.1 Å². The van der Waals surface area contributed by atoms with Crippen molar-refractivity contribution in [1.82, 2.24) is 0 Å². The van der Waals surface area contributed by atoms with Gasteiger partial charge in [0.15, 0.2) is 5.78 Å². The number of aryl methyl sites for hydroxylation is 2. The van der Waals surface area contributed by atoms with Gasteiger partial charge in [0.1, 0.15) is 0 Å². The lowest BCUT2D eigenvalue weighted by molar-refractivity contribution is 0.0497. The van der Waals surface area contributed by atoms with Crippen molar-refractivity contribution in [1.29, 1.82) is 0 Å². The Morgan fingerprint density at radius 2 is 1.76 bits per heavy atom. The molecule has 0 fully saturated rings. The van der Waals surface area contributed by atoms with Gasteiger partial charge in [-0.2, -0.15) is 0 Å². The summed E-state index contributed by atoms with van der Waals surface area (Å²) in [5.74, 6) is 0.0313. The summed E-state index contributed by atoms with van der Waals surface area (Å²) < 4.78 is 35.0. The van der Waals surface area contributed by atoms with Gasteiger partial charge in [-0.15, -0.1) is 0 Å². The Balaban J connectivity index is 1.62. The van der Waals surface area contributed by atoms with E-state index in [9.17, 15) is 13.2 Å². The van der Waals surface area contributed by atoms with Crippen LogP contribution in [0.4, 0.5) is 11.4 Å². The van der Waals surface area contributed by atoms with E-state index in [-0.39, 0.29) is 22.8 Å². The lowest BCUT2D eigenvalue weighted by Gasteiger charge is -2.33. The number of carbonyl (C=O) groups excluding carboxylic acids is 1. The number of sulfonamides is 1. The van der Waals surface area contributed by atoms with Gasteiger partial charge in [0.2, 0.25) is 0 Å². The van der Waals surface area contributed by atoms with Crippen molar-refractivity contribution in [2.75, 3.05) is 16.6 Å². The molecule has 0 spiro atoms. The van der Waals surface area contributed by atoms with Gasteiger partial charge in [-0.1, -0.05) is 30.3 Å². The summed E-state index contributed by atoms with van der Waals surface area (Å²) in [4.78, 5) is 11.8. The monoisotopic (exact) mass is 478 g/mol. The van der Waals surface area contributed by atoms with Crippen LogP contribution < -0.4 is 10.0 Å². The predicted molar refractivity (Wildman–Crippen MR) is 135 cm³/mol. The molecule has 1 heterocycles. The van der Waals surface area contributed by atoms with Crippen molar-refractivity contribution in [3.63, 3.8) is 0 Å². The second kappa shape index (κ2) is 9.60. The van der Waals surface area contributed by atoms with Gasteiger partial charge in [-0.25, -0.2) is 8.42 Å². The summed E-state index contributed by atoms with van der Waals surface area (Å²) >= 11 is 0. The number of rotatable bonds is 7. The SMILES string of the molecule is CCO[C@H]1C[C@@H](c2ccc(C(C)=O)cc2)Nc2ccc(S(=O)(=O)Nc3ccc(C)c(C)c3)cc21. The second-order valence-electron chi connectivity index (χ2n) is 8.71. The molecule has 0 bridgehead atoms. The van der Waals surface area contributed by atoms with E-state index < -0.39 is 10.0 Å². The molecule has 3 aromatic rings. The lowest BCUT2D eigenvalue weighted by Crippen LogP contribution is -2.24. The van der Waals surface area contributed by atoms with E-state index in [1.54, 1.807) is 31.2 Å². The molecular formula is C27H30N2O4S. The highest BCUT2D eigenvalue weighted by atomic mass is 32.2. The zero-order valence-electron chi connectivity index (χ0n) is 19.9. The molecule has 2 N–H and O–H groups in total. The normalized spacial score (nSPS) is 17.5. The molecule has 1 aliphatic rings. The second-order valence-corrected chi connectivity index (χ2v) is 10.4. The molecule has 0 amide bonds. The molecule has 1 aliphatic heterocycles. The molecule has 4 rings (SSSR count). The number of Topliss-reactive ketones (excluding diaryl/α,β-unsaturated/α-hetero) is 1. The summed E-state index contributed by atoms with van der Waals surface area (Å²) in [5, 5.41) is 3.51. The molecule has 34 heavy (non-hydrogen) atoms. The van der Waals surface area contributed by atoms with Crippen molar-refractivity contribution < 1.29 is 17.9 Å². The van der Waals surface area contributed by atoms with Crippen LogP contribution in [0.5, 0.6) is 0 Å². The molecule has 7 heteroatoms. The first-order chi connectivity index (χ1) is 16.2. The summed E-state index contributed by atoms with van der Waals surface area (Å²) in [6, 6.07) is 18.2. The Hall–Kier alpha value is -3.16. The van der Waals surface area contributed by atoms with Gasteiger partial charge >= 0.3 is 0 Å². The van der Waals surface area contributed by atoms with Crippen LogP contribution in [0.3, 0.4) is 0 Å². The molecule has 0 aliphatic carbocycles. The van der Waals surface area contributed by atoms with Crippen molar-refractivity contribution in [3.05, 3.63) is 88.5 Å². The van der Waals surface area contributed by atoms with E-state index in [1.807, 2.05) is 57.2 Å². The van der Waals surface area contributed by atoms with Crippen LogP contribution in [0.25, 0.3) is 0 Å². The fourth-order valence-corrected chi connectivity index (χ4v) is 5.33. The van der Waals surface area contributed by atoms with E-state index >= 15 is 0 Å². The maximum absolute atomic E-state index is 13.1. The third kappa shape index (κ3) is 5.00. The quantitative estimate of drug-likeness (QED) is 0.411. The highest BCUT2D eigenvalue weighted by molar-refractivity contribution is 7.92. The smallest absolute Gasteiger partial charge is 0.261 e. The third-order valence-corrected chi connectivity index (χ3v) is 7.69. The average Bonchev–Trinajstić information content (AvgIpc) is 2.81. The number of ether oxygens (including phenoxy) is 1. The largest absolute Gasteiger partial charge is 0.378 e. The summed E-state index contributed by atoms with van der Waals surface area (Å²) in [6.07, 6.45) is 0.393. The fourth-order valence-electron chi connectivity index (χ4n) is 4.24. The minimum absolute atomic E-state index is 0.0128. The number of hydrogen-bond acceptors (Lipinski definition) is 5. The maximum Gasteiger partial charge on any atom is 0.261 e. The number of nitrogens with one attached hydrogen (secondary N) is 2. The van der Waals surface area contributed by atoms with Crippen molar-refractivity contribution in [2.45, 2.75) is 51.2 Å². The number of ketones is 1. The predicted octanol–water partition coefficient (Wildman–Crippen LogP) is 5.94. The molecule has 0 saturated carbocycles. The van der Waals surface area contributed by atoms with Crippen LogP contribution in [0.15, 0.2) is 65.6 Å². The van der Waals surface area contributed by atoms with E-state index in [2.05, 4.69) is 10.0 Å². The highest BCUT2D eigenvalue weighted by Gasteiger charge is 2.30. The maximum atomic E-state index is 13.1. The first kappa shape index (κ1) is 24.0. The zero-order chi connectivity index (χ0) is 24.5. The van der Waals surface area contributed by atoms with E-state index in [4.69, 9.17) is 4.74 Å². The molecule has 2 atom stereocenters. The van der Waals surface area contributed by atoms with Crippen molar-refractivity contribution in [2.24, 2.45) is 0 Å². The van der Waals surface area contributed by atoms with Crippen LogP contribution in [0, 0.1) is 13.8 Å². The van der Waals surface area contributed by atoms with E-state index in [0.29, 0.717) is 24.3 Å². The van der Waals surface area contributed by atoms with Crippen LogP contribution in [-0.4, -0.2) is 20.8 Å². The van der Waals surface area contributed by atoms with Crippen LogP contribution in [0.1, 0.15) is 65.0 Å². The Kier molecular flexibility index (Phi) is 6.77. The van der Waals surface area contributed by atoms with Gasteiger partial charge in [-0.3, -0.25) is 9.52 Å². The minimum atomic E-state index is -3.76. The Morgan fingerprint density at radius 1 is 1.03 bits per heavy atom. The van der Waals surface area contributed by atoms with E-state index in [0.717, 1.165) is 27.9 Å². The lowest BCUT2D eigenvalue weighted by atomic mass is 9.90.